The molecule has 1 aromatic carbocycles. The van der Waals surface area contributed by atoms with Gasteiger partial charge in [-0.3, -0.25) is 19.7 Å². The van der Waals surface area contributed by atoms with Gasteiger partial charge in [-0.1, -0.05) is 25.0 Å². The van der Waals surface area contributed by atoms with Crippen LogP contribution >= 0.6 is 0 Å². The van der Waals surface area contributed by atoms with Crippen LogP contribution in [0, 0.1) is 11.8 Å². The molecular weight excluding hydrogens is 394 g/mol. The number of nitrogens with one attached hydrogen (secondary N) is 2. The minimum Gasteiger partial charge on any atom is -0.381 e. The van der Waals surface area contributed by atoms with Crippen molar-refractivity contribution in [2.75, 3.05) is 19.8 Å². The topological polar surface area (TPSA) is 87.7 Å². The number of piperidine rings is 1. The summed E-state index contributed by atoms with van der Waals surface area (Å²) in [6.45, 7) is 3.25. The Kier molecular flexibility index (Phi) is 5.80. The van der Waals surface area contributed by atoms with Crippen molar-refractivity contribution >= 4 is 17.7 Å². The van der Waals surface area contributed by atoms with E-state index in [0.717, 1.165) is 31.7 Å². The van der Waals surface area contributed by atoms with E-state index in [9.17, 15) is 14.4 Å². The molecule has 3 fully saturated rings. The summed E-state index contributed by atoms with van der Waals surface area (Å²) in [5.41, 5.74) is 2.96. The second kappa shape index (κ2) is 8.71. The van der Waals surface area contributed by atoms with Gasteiger partial charge in [0.25, 0.3) is 5.91 Å². The van der Waals surface area contributed by atoms with Crippen LogP contribution in [0.4, 0.5) is 0 Å². The Hall–Kier alpha value is -2.25. The molecule has 2 saturated heterocycles. The molecule has 0 aromatic heterocycles. The maximum absolute atomic E-state index is 12.9. The van der Waals surface area contributed by atoms with Crippen LogP contribution in [0.1, 0.15) is 60.0 Å². The molecule has 4 aliphatic rings. The molecule has 31 heavy (non-hydrogen) atoms. The summed E-state index contributed by atoms with van der Waals surface area (Å²) >= 11 is 0. The third kappa shape index (κ3) is 4.26. The van der Waals surface area contributed by atoms with E-state index < -0.39 is 6.04 Å². The van der Waals surface area contributed by atoms with E-state index in [4.69, 9.17) is 4.74 Å². The van der Waals surface area contributed by atoms with E-state index in [0.29, 0.717) is 36.4 Å². The molecule has 7 nitrogen and oxygen atoms in total. The highest BCUT2D eigenvalue weighted by atomic mass is 16.5. The molecule has 1 unspecified atom stereocenters. The van der Waals surface area contributed by atoms with Gasteiger partial charge in [-0.15, -0.1) is 0 Å². The number of imide groups is 1. The van der Waals surface area contributed by atoms with Crippen molar-refractivity contribution in [3.63, 3.8) is 0 Å². The molecule has 1 aromatic rings. The molecule has 0 spiro atoms. The number of rotatable bonds is 6. The molecule has 3 atom stereocenters. The van der Waals surface area contributed by atoms with Gasteiger partial charge in [-0.05, 0) is 48.8 Å². The van der Waals surface area contributed by atoms with Crippen LogP contribution < -0.4 is 10.6 Å². The van der Waals surface area contributed by atoms with Crippen LogP contribution in [0.25, 0.3) is 0 Å². The molecule has 3 amide bonds. The lowest BCUT2D eigenvalue weighted by Crippen LogP contribution is -2.52. The van der Waals surface area contributed by atoms with Gasteiger partial charge in [0.2, 0.25) is 11.8 Å². The van der Waals surface area contributed by atoms with E-state index in [1.165, 1.54) is 31.2 Å². The molecule has 3 heterocycles. The van der Waals surface area contributed by atoms with Crippen molar-refractivity contribution in [1.82, 2.24) is 15.5 Å². The highest BCUT2D eigenvalue weighted by molar-refractivity contribution is 6.05. The Labute approximate surface area is 182 Å². The fourth-order valence-electron chi connectivity index (χ4n) is 5.50. The van der Waals surface area contributed by atoms with Crippen molar-refractivity contribution in [3.05, 3.63) is 34.9 Å². The van der Waals surface area contributed by atoms with Crippen molar-refractivity contribution < 1.29 is 19.1 Å². The molecule has 166 valence electrons. The maximum Gasteiger partial charge on any atom is 0.255 e. The number of hydrogen-bond donors (Lipinski definition) is 2. The monoisotopic (exact) mass is 425 g/mol. The number of amides is 3. The van der Waals surface area contributed by atoms with E-state index in [1.807, 2.05) is 6.07 Å². The first-order valence-corrected chi connectivity index (χ1v) is 11.7. The van der Waals surface area contributed by atoms with Crippen molar-refractivity contribution in [2.24, 2.45) is 11.8 Å². The first-order chi connectivity index (χ1) is 15.1. The molecule has 0 radical (unpaired) electrons. The minimum atomic E-state index is -0.552. The average molecular weight is 426 g/mol. The standard InChI is InChI=1S/C24H31N3O4/c28-22-8-7-21(23(29)26-22)27-12-18-10-15(5-6-19(18)24(27)30)9-17-3-1-2-4-20(17)25-11-16-13-31-14-16/h5-6,10,16-17,20-21,25H,1-4,7-9,11-14H2,(H,26,28,29)/t17-,20+,21?/m1/s1. The lowest BCUT2D eigenvalue weighted by molar-refractivity contribution is -0.136. The number of fused-ring (bicyclic) bond motifs is 1. The number of carbonyl (C=O) groups is 3. The zero-order valence-corrected chi connectivity index (χ0v) is 17.9. The van der Waals surface area contributed by atoms with Gasteiger partial charge in [0.1, 0.15) is 6.04 Å². The lowest BCUT2D eigenvalue weighted by atomic mass is 9.80. The third-order valence-electron chi connectivity index (χ3n) is 7.37. The second-order valence-electron chi connectivity index (χ2n) is 9.56. The summed E-state index contributed by atoms with van der Waals surface area (Å²) in [6, 6.07) is 6.16. The van der Waals surface area contributed by atoms with Gasteiger partial charge in [0.15, 0.2) is 0 Å². The third-order valence-corrected chi connectivity index (χ3v) is 7.37. The molecular formula is C24H31N3O4. The zero-order chi connectivity index (χ0) is 21.4. The van der Waals surface area contributed by atoms with Crippen LogP contribution in [-0.4, -0.2) is 54.5 Å². The first-order valence-electron chi connectivity index (χ1n) is 11.7. The van der Waals surface area contributed by atoms with Crippen LogP contribution in [0.5, 0.6) is 0 Å². The Balaban J connectivity index is 1.25. The van der Waals surface area contributed by atoms with Gasteiger partial charge in [-0.2, -0.15) is 0 Å². The zero-order valence-electron chi connectivity index (χ0n) is 17.9. The predicted molar refractivity (Wildman–Crippen MR) is 114 cm³/mol. The Morgan fingerprint density at radius 2 is 1.94 bits per heavy atom. The molecule has 3 aliphatic heterocycles. The quantitative estimate of drug-likeness (QED) is 0.679. The largest absolute Gasteiger partial charge is 0.381 e. The van der Waals surface area contributed by atoms with E-state index in [2.05, 4.69) is 22.8 Å². The molecule has 5 rings (SSSR count). The normalized spacial score (nSPS) is 29.0. The summed E-state index contributed by atoms with van der Waals surface area (Å²) in [5.74, 6) is 0.553. The predicted octanol–water partition coefficient (Wildman–Crippen LogP) is 1.78. The van der Waals surface area contributed by atoms with E-state index in [-0.39, 0.29) is 24.1 Å². The van der Waals surface area contributed by atoms with Crippen molar-refractivity contribution in [3.8, 4) is 0 Å². The Bertz CT molecular complexity index is 882. The summed E-state index contributed by atoms with van der Waals surface area (Å²) in [5, 5.41) is 6.16. The van der Waals surface area contributed by atoms with Crippen molar-refractivity contribution in [1.29, 1.82) is 0 Å². The molecule has 2 N–H and O–H groups in total. The number of benzene rings is 1. The highest BCUT2D eigenvalue weighted by Crippen LogP contribution is 2.32. The van der Waals surface area contributed by atoms with Gasteiger partial charge in [0.05, 0.1) is 13.2 Å². The van der Waals surface area contributed by atoms with Crippen LogP contribution in [-0.2, 0) is 27.3 Å². The average Bonchev–Trinajstić information content (AvgIpc) is 3.04. The fraction of sp³-hybridized carbons (Fsp3) is 0.625. The smallest absolute Gasteiger partial charge is 0.255 e. The molecule has 1 aliphatic carbocycles. The van der Waals surface area contributed by atoms with Crippen molar-refractivity contribution in [2.45, 2.75) is 63.6 Å². The Morgan fingerprint density at radius 3 is 2.71 bits per heavy atom. The summed E-state index contributed by atoms with van der Waals surface area (Å²) in [6.07, 6.45) is 6.72. The number of hydrogen-bond acceptors (Lipinski definition) is 5. The number of ether oxygens (including phenoxy) is 1. The SMILES string of the molecule is O=C1CCC(N2Cc3cc(C[C@H]4CCCC[C@@H]4NCC4COC4)ccc3C2=O)C(=O)N1. The second-order valence-corrected chi connectivity index (χ2v) is 9.56. The number of nitrogens with zero attached hydrogens (tertiary/aromatic N) is 1. The van der Waals surface area contributed by atoms with E-state index in [1.54, 1.807) is 4.90 Å². The molecule has 0 bridgehead atoms. The first kappa shape index (κ1) is 20.6. The summed E-state index contributed by atoms with van der Waals surface area (Å²) in [7, 11) is 0. The summed E-state index contributed by atoms with van der Waals surface area (Å²) < 4.78 is 5.30. The van der Waals surface area contributed by atoms with Gasteiger partial charge in [0, 0.05) is 37.0 Å². The van der Waals surface area contributed by atoms with E-state index >= 15 is 0 Å². The maximum atomic E-state index is 12.9. The van der Waals surface area contributed by atoms with Gasteiger partial charge >= 0.3 is 0 Å². The summed E-state index contributed by atoms with van der Waals surface area (Å²) in [4.78, 5) is 38.2. The molecule has 1 saturated carbocycles. The van der Waals surface area contributed by atoms with Crippen LogP contribution in [0.15, 0.2) is 18.2 Å². The van der Waals surface area contributed by atoms with Gasteiger partial charge < -0.3 is 15.0 Å². The van der Waals surface area contributed by atoms with Crippen LogP contribution in [0.3, 0.4) is 0 Å². The molecule has 7 heteroatoms. The van der Waals surface area contributed by atoms with Crippen LogP contribution in [0.2, 0.25) is 0 Å². The minimum absolute atomic E-state index is 0.101. The number of carbonyl (C=O) groups excluding carboxylic acids is 3. The highest BCUT2D eigenvalue weighted by Gasteiger charge is 2.39. The lowest BCUT2D eigenvalue weighted by Gasteiger charge is -2.35. The Morgan fingerprint density at radius 1 is 1.10 bits per heavy atom. The fourth-order valence-corrected chi connectivity index (χ4v) is 5.50. The van der Waals surface area contributed by atoms with Gasteiger partial charge in [-0.25, -0.2) is 0 Å².